The van der Waals surface area contributed by atoms with Gasteiger partial charge in [0, 0.05) is 6.54 Å². The Labute approximate surface area is 118 Å². The van der Waals surface area contributed by atoms with Gasteiger partial charge in [0.25, 0.3) is 0 Å². The van der Waals surface area contributed by atoms with Gasteiger partial charge in [-0.1, -0.05) is 6.92 Å². The number of nitrogens with one attached hydrogen (secondary N) is 1. The van der Waals surface area contributed by atoms with E-state index >= 15 is 0 Å². The van der Waals surface area contributed by atoms with E-state index in [1.54, 1.807) is 6.07 Å². The lowest BCUT2D eigenvalue weighted by Gasteiger charge is -2.24. The third-order valence-electron chi connectivity index (χ3n) is 3.19. The van der Waals surface area contributed by atoms with Crippen molar-refractivity contribution in [3.8, 4) is 5.75 Å². The van der Waals surface area contributed by atoms with Crippen LogP contribution in [0.25, 0.3) is 0 Å². The topological polar surface area (TPSA) is 98.5 Å². The molecule has 1 aliphatic heterocycles. The van der Waals surface area contributed by atoms with Crippen molar-refractivity contribution < 1.29 is 17.9 Å². The molecule has 0 saturated carbocycles. The minimum Gasteiger partial charge on any atom is -0.492 e. The van der Waals surface area contributed by atoms with Crippen molar-refractivity contribution in [3.05, 3.63) is 23.8 Å². The normalized spacial score (nSPS) is 18.0. The third kappa shape index (κ3) is 3.29. The molecule has 0 bridgehead atoms. The van der Waals surface area contributed by atoms with E-state index in [-0.39, 0.29) is 16.7 Å². The quantitative estimate of drug-likeness (QED) is 0.841. The van der Waals surface area contributed by atoms with Gasteiger partial charge in [-0.3, -0.25) is 4.79 Å². The Hall–Kier alpha value is -1.60. The molecule has 1 heterocycles. The van der Waals surface area contributed by atoms with Crippen LogP contribution in [0.1, 0.15) is 18.9 Å². The highest BCUT2D eigenvalue weighted by atomic mass is 32.2. The highest BCUT2D eigenvalue weighted by molar-refractivity contribution is 7.89. The number of sulfonamides is 1. The van der Waals surface area contributed by atoms with E-state index in [0.717, 1.165) is 6.42 Å². The smallest absolute Gasteiger partial charge is 0.238 e. The molecular weight excluding hydrogens is 280 g/mol. The van der Waals surface area contributed by atoms with Crippen molar-refractivity contribution in [1.82, 2.24) is 5.32 Å². The molecule has 1 atom stereocenters. The molecule has 1 aromatic rings. The van der Waals surface area contributed by atoms with Crippen molar-refractivity contribution >= 4 is 15.9 Å². The van der Waals surface area contributed by atoms with Crippen LogP contribution in [0.5, 0.6) is 5.75 Å². The Morgan fingerprint density at radius 2 is 2.25 bits per heavy atom. The highest BCUT2D eigenvalue weighted by Crippen LogP contribution is 2.29. The van der Waals surface area contributed by atoms with Gasteiger partial charge in [0.15, 0.2) is 0 Å². The first kappa shape index (κ1) is 14.8. The molecule has 0 spiro atoms. The molecule has 1 unspecified atom stereocenters. The fourth-order valence-corrected chi connectivity index (χ4v) is 2.67. The van der Waals surface area contributed by atoms with Gasteiger partial charge in [-0.05, 0) is 36.6 Å². The number of primary sulfonamides is 1. The molecule has 0 aromatic heterocycles. The van der Waals surface area contributed by atoms with Crippen LogP contribution in [-0.4, -0.2) is 27.5 Å². The Bertz CT molecular complexity index is 613. The first-order chi connectivity index (χ1) is 9.41. The maximum Gasteiger partial charge on any atom is 0.238 e. The summed E-state index contributed by atoms with van der Waals surface area (Å²) in [5.41, 5.74) is 0.694. The van der Waals surface area contributed by atoms with Crippen LogP contribution in [0.15, 0.2) is 23.1 Å². The van der Waals surface area contributed by atoms with Crippen LogP contribution in [-0.2, 0) is 21.2 Å². The number of ether oxygens (including phenoxy) is 1. The largest absolute Gasteiger partial charge is 0.492 e. The summed E-state index contributed by atoms with van der Waals surface area (Å²) in [6.45, 7) is 2.90. The second-order valence-corrected chi connectivity index (χ2v) is 6.38. The number of nitrogens with two attached hydrogens (primary N) is 1. The van der Waals surface area contributed by atoms with Gasteiger partial charge in [0.2, 0.25) is 15.9 Å². The summed E-state index contributed by atoms with van der Waals surface area (Å²) >= 11 is 0. The summed E-state index contributed by atoms with van der Waals surface area (Å²) in [7, 11) is -3.74. The monoisotopic (exact) mass is 298 g/mol. The van der Waals surface area contributed by atoms with E-state index in [0.29, 0.717) is 30.9 Å². The summed E-state index contributed by atoms with van der Waals surface area (Å²) in [6.07, 6.45) is 1.32. The Morgan fingerprint density at radius 1 is 1.50 bits per heavy atom. The molecule has 1 aromatic carbocycles. The Morgan fingerprint density at radius 3 is 2.90 bits per heavy atom. The van der Waals surface area contributed by atoms with E-state index in [1.807, 2.05) is 6.92 Å². The van der Waals surface area contributed by atoms with Gasteiger partial charge in [0.05, 0.1) is 10.8 Å². The van der Waals surface area contributed by atoms with E-state index in [1.165, 1.54) is 12.1 Å². The summed E-state index contributed by atoms with van der Waals surface area (Å²) in [6, 6.07) is 4.46. The number of hydrogen-bond acceptors (Lipinski definition) is 4. The first-order valence-corrected chi connectivity index (χ1v) is 8.02. The minimum atomic E-state index is -3.74. The lowest BCUT2D eigenvalue weighted by atomic mass is 9.96. The van der Waals surface area contributed by atoms with Gasteiger partial charge in [-0.2, -0.15) is 0 Å². The fourth-order valence-electron chi connectivity index (χ4n) is 2.11. The van der Waals surface area contributed by atoms with Gasteiger partial charge in [-0.25, -0.2) is 13.6 Å². The molecule has 2 rings (SSSR count). The zero-order valence-electron chi connectivity index (χ0n) is 11.3. The van der Waals surface area contributed by atoms with Crippen LogP contribution in [0.4, 0.5) is 0 Å². The maximum atomic E-state index is 11.9. The number of carbonyl (C=O) groups excluding carboxylic acids is 1. The molecule has 0 fully saturated rings. The third-order valence-corrected chi connectivity index (χ3v) is 4.10. The SMILES string of the molecule is CCCNC(=O)C1COc2ccc(S(N)(=O)=O)cc2C1. The molecule has 1 aliphatic rings. The van der Waals surface area contributed by atoms with E-state index in [9.17, 15) is 13.2 Å². The number of benzene rings is 1. The summed E-state index contributed by atoms with van der Waals surface area (Å²) in [4.78, 5) is 12.0. The van der Waals surface area contributed by atoms with E-state index in [2.05, 4.69) is 5.32 Å². The fraction of sp³-hybridized carbons (Fsp3) is 0.462. The van der Waals surface area contributed by atoms with Gasteiger partial charge >= 0.3 is 0 Å². The highest BCUT2D eigenvalue weighted by Gasteiger charge is 2.26. The molecule has 6 nitrogen and oxygen atoms in total. The molecule has 0 radical (unpaired) electrons. The number of hydrogen-bond donors (Lipinski definition) is 2. The summed E-state index contributed by atoms with van der Waals surface area (Å²) < 4.78 is 28.2. The van der Waals surface area contributed by atoms with Gasteiger partial charge < -0.3 is 10.1 Å². The molecular formula is C13H18N2O4S. The van der Waals surface area contributed by atoms with E-state index in [4.69, 9.17) is 9.88 Å². The summed E-state index contributed by atoms with van der Waals surface area (Å²) in [5, 5.41) is 7.92. The molecule has 20 heavy (non-hydrogen) atoms. The average molecular weight is 298 g/mol. The standard InChI is InChI=1S/C13H18N2O4S/c1-2-5-15-13(16)10-6-9-7-11(20(14,17)18)3-4-12(9)19-8-10/h3-4,7,10H,2,5-6,8H2,1H3,(H,15,16)(H2,14,17,18). The van der Waals surface area contributed by atoms with Crippen molar-refractivity contribution in [1.29, 1.82) is 0 Å². The second-order valence-electron chi connectivity index (χ2n) is 4.82. The number of carbonyl (C=O) groups is 1. The molecule has 0 aliphatic carbocycles. The van der Waals surface area contributed by atoms with Crippen LogP contribution < -0.4 is 15.2 Å². The van der Waals surface area contributed by atoms with Crippen molar-refractivity contribution in [2.75, 3.05) is 13.2 Å². The average Bonchev–Trinajstić information content (AvgIpc) is 2.42. The van der Waals surface area contributed by atoms with Crippen molar-refractivity contribution in [3.63, 3.8) is 0 Å². The Balaban J connectivity index is 2.18. The Kier molecular flexibility index (Phi) is 4.29. The second kappa shape index (κ2) is 5.80. The van der Waals surface area contributed by atoms with E-state index < -0.39 is 10.0 Å². The molecule has 110 valence electrons. The molecule has 1 amide bonds. The minimum absolute atomic E-state index is 0.0365. The lowest BCUT2D eigenvalue weighted by Crippen LogP contribution is -2.37. The van der Waals surface area contributed by atoms with Crippen molar-refractivity contribution in [2.24, 2.45) is 11.1 Å². The summed E-state index contributed by atoms with van der Waals surface area (Å²) in [5.74, 6) is 0.236. The zero-order valence-corrected chi connectivity index (χ0v) is 12.1. The lowest BCUT2D eigenvalue weighted by molar-refractivity contribution is -0.126. The van der Waals surface area contributed by atoms with Crippen molar-refractivity contribution in [2.45, 2.75) is 24.7 Å². The first-order valence-electron chi connectivity index (χ1n) is 6.48. The van der Waals surface area contributed by atoms with Gasteiger partial charge in [-0.15, -0.1) is 0 Å². The number of rotatable bonds is 4. The zero-order chi connectivity index (χ0) is 14.8. The van der Waals surface area contributed by atoms with Crippen LogP contribution >= 0.6 is 0 Å². The van der Waals surface area contributed by atoms with Crippen LogP contribution in [0.2, 0.25) is 0 Å². The molecule has 0 saturated heterocycles. The molecule has 3 N–H and O–H groups in total. The predicted octanol–water partition coefficient (Wildman–Crippen LogP) is 0.411. The molecule has 7 heteroatoms. The van der Waals surface area contributed by atoms with Gasteiger partial charge in [0.1, 0.15) is 12.4 Å². The van der Waals surface area contributed by atoms with Crippen LogP contribution in [0, 0.1) is 5.92 Å². The number of amides is 1. The predicted molar refractivity (Wildman–Crippen MR) is 73.8 cm³/mol. The van der Waals surface area contributed by atoms with Crippen LogP contribution in [0.3, 0.4) is 0 Å². The maximum absolute atomic E-state index is 11.9. The number of fused-ring (bicyclic) bond motifs is 1.